The minimum Gasteiger partial charge on any atom is -0.299 e. The Hall–Kier alpha value is -0.905. The monoisotopic (exact) mass is 100 g/mol. The number of nitrogens with zero attached hydrogens (tertiary/aromatic N) is 1. The molecule has 0 aromatic carbocycles. The zero-order valence-electron chi connectivity index (χ0n) is 3.86. The largest absolute Gasteiger partial charge is 0.299 e. The van der Waals surface area contributed by atoms with E-state index in [2.05, 4.69) is 15.9 Å². The fraction of sp³-hybridized carbons (Fsp3) is 0. The molecule has 5 nitrogen and oxygen atoms in total. The van der Waals surface area contributed by atoms with Gasteiger partial charge in [0.15, 0.2) is 0 Å². The summed E-state index contributed by atoms with van der Waals surface area (Å²) in [5.74, 6) is -0.414. The van der Waals surface area contributed by atoms with Gasteiger partial charge in [0.1, 0.15) is 0 Å². The predicted molar refractivity (Wildman–Crippen MR) is 28.3 cm³/mol. The number of hydrogen-bond donors (Lipinski definition) is 3. The Balaban J connectivity index is 3.17. The third kappa shape index (κ3) is 2.91. The van der Waals surface area contributed by atoms with Crippen LogP contribution >= 0.6 is 0 Å². The Morgan fingerprint density at radius 2 is 2.43 bits per heavy atom. The van der Waals surface area contributed by atoms with E-state index in [1.54, 1.807) is 7.98 Å². The lowest BCUT2D eigenvalue weighted by atomic mass is 10.5. The third-order valence-corrected chi connectivity index (χ3v) is 0.335. The average Bonchev–Trinajstić information content (AvgIpc) is 1.68. The van der Waals surface area contributed by atoms with E-state index in [4.69, 9.17) is 5.41 Å². The Morgan fingerprint density at radius 1 is 1.86 bits per heavy atom. The lowest BCUT2D eigenvalue weighted by molar-refractivity contribution is 0.889. The molecule has 0 aliphatic heterocycles. The standard InChI is InChI=1S/CH5BN4O/c2-6-4-1(3)5-7/h6H,2H2,(H2,3,4). The molecule has 0 spiro atoms. The van der Waals surface area contributed by atoms with Gasteiger partial charge in [-0.2, -0.15) is 0 Å². The van der Waals surface area contributed by atoms with E-state index in [0.717, 1.165) is 0 Å². The summed E-state index contributed by atoms with van der Waals surface area (Å²) in [6.07, 6.45) is 0. The first kappa shape index (κ1) is 6.09. The maximum absolute atomic E-state index is 9.32. The van der Waals surface area contributed by atoms with E-state index < -0.39 is 5.96 Å². The average molecular weight is 99.9 g/mol. The van der Waals surface area contributed by atoms with E-state index in [1.807, 2.05) is 0 Å². The molecular weight excluding hydrogens is 94.9 g/mol. The first-order chi connectivity index (χ1) is 3.31. The van der Waals surface area contributed by atoms with Crippen LogP contribution in [0.15, 0.2) is 5.18 Å². The van der Waals surface area contributed by atoms with Gasteiger partial charge in [0, 0.05) is 5.18 Å². The van der Waals surface area contributed by atoms with Crippen LogP contribution in [-0.2, 0) is 0 Å². The summed E-state index contributed by atoms with van der Waals surface area (Å²) in [6, 6.07) is 0. The second-order valence-corrected chi connectivity index (χ2v) is 0.815. The van der Waals surface area contributed by atoms with E-state index in [-0.39, 0.29) is 0 Å². The lowest BCUT2D eigenvalue weighted by Crippen LogP contribution is -2.33. The minimum atomic E-state index is -0.414. The highest BCUT2D eigenvalue weighted by molar-refractivity contribution is 6.05. The minimum absolute atomic E-state index is 0.414. The van der Waals surface area contributed by atoms with E-state index >= 15 is 0 Å². The van der Waals surface area contributed by atoms with Crippen LogP contribution in [0.1, 0.15) is 0 Å². The molecule has 0 aliphatic rings. The molecule has 0 unspecified atom stereocenters. The summed E-state index contributed by atoms with van der Waals surface area (Å²) in [7, 11) is 1.54. The lowest BCUT2D eigenvalue weighted by Gasteiger charge is -1.92. The van der Waals surface area contributed by atoms with E-state index in [9.17, 15) is 4.91 Å². The van der Waals surface area contributed by atoms with Crippen molar-refractivity contribution in [1.82, 2.24) is 10.8 Å². The highest BCUT2D eigenvalue weighted by atomic mass is 16.3. The maximum atomic E-state index is 9.32. The molecule has 38 valence electrons. The van der Waals surface area contributed by atoms with E-state index in [0.29, 0.717) is 0 Å². The Kier molecular flexibility index (Phi) is 2.87. The second-order valence-electron chi connectivity index (χ2n) is 0.815. The highest BCUT2D eigenvalue weighted by Crippen LogP contribution is 1.58. The van der Waals surface area contributed by atoms with E-state index in [1.165, 1.54) is 0 Å². The summed E-state index contributed by atoms with van der Waals surface area (Å²) in [5.41, 5.74) is 2.15. The molecule has 0 aromatic heterocycles. The zero-order chi connectivity index (χ0) is 5.70. The van der Waals surface area contributed by atoms with Crippen LogP contribution in [0.4, 0.5) is 0 Å². The van der Waals surface area contributed by atoms with Crippen molar-refractivity contribution in [2.45, 2.75) is 0 Å². The predicted octanol–water partition coefficient (Wildman–Crippen LogP) is -1.67. The van der Waals surface area contributed by atoms with Crippen LogP contribution in [-0.4, -0.2) is 13.9 Å². The van der Waals surface area contributed by atoms with Crippen LogP contribution in [0.3, 0.4) is 0 Å². The number of hydrogen-bond acceptors (Lipinski definition) is 3. The summed E-state index contributed by atoms with van der Waals surface area (Å²) in [4.78, 5) is 9.32. The molecule has 0 radical (unpaired) electrons. The Morgan fingerprint density at radius 3 is 2.57 bits per heavy atom. The van der Waals surface area contributed by atoms with Crippen LogP contribution < -0.4 is 10.8 Å². The number of nitrogens with one attached hydrogen (secondary N) is 3. The molecule has 0 amide bonds. The molecular formula is CH5BN4O. The van der Waals surface area contributed by atoms with Crippen molar-refractivity contribution in [3.05, 3.63) is 4.91 Å². The molecule has 0 aromatic rings. The van der Waals surface area contributed by atoms with Crippen LogP contribution in [0.25, 0.3) is 0 Å². The normalized spacial score (nSPS) is 7.43. The van der Waals surface area contributed by atoms with Crippen molar-refractivity contribution in [2.75, 3.05) is 0 Å². The number of guanidine groups is 1. The first-order valence-corrected chi connectivity index (χ1v) is 1.66. The van der Waals surface area contributed by atoms with Crippen LogP contribution in [0.2, 0.25) is 0 Å². The molecule has 3 N–H and O–H groups in total. The van der Waals surface area contributed by atoms with Gasteiger partial charge in [-0.15, -0.1) is 4.91 Å². The number of nitroso groups, excluding NO2 is 1. The maximum Gasteiger partial charge on any atom is 0.270 e. The molecule has 0 aliphatic carbocycles. The van der Waals surface area contributed by atoms with Gasteiger partial charge < -0.3 is 0 Å². The van der Waals surface area contributed by atoms with Gasteiger partial charge in [-0.1, -0.05) is 0 Å². The number of rotatable bonds is 1. The van der Waals surface area contributed by atoms with Gasteiger partial charge in [-0.25, -0.2) is 0 Å². The molecule has 0 fully saturated rings. The Bertz CT molecular complexity index is 81.8. The SMILES string of the molecule is BNNC(=N)N=O. The van der Waals surface area contributed by atoms with Crippen molar-refractivity contribution in [3.8, 4) is 0 Å². The third-order valence-electron chi connectivity index (χ3n) is 0.335. The fourth-order valence-electron chi connectivity index (χ4n) is 0.141. The fourth-order valence-corrected chi connectivity index (χ4v) is 0.141. The summed E-state index contributed by atoms with van der Waals surface area (Å²) < 4.78 is 0. The number of hydrazine groups is 1. The van der Waals surface area contributed by atoms with Crippen LogP contribution in [0, 0.1) is 10.3 Å². The molecule has 0 heterocycles. The molecule has 0 atom stereocenters. The van der Waals surface area contributed by atoms with Gasteiger partial charge in [-0.3, -0.25) is 16.2 Å². The van der Waals surface area contributed by atoms with Crippen molar-refractivity contribution in [3.63, 3.8) is 0 Å². The summed E-state index contributed by atoms with van der Waals surface area (Å²) >= 11 is 0. The Labute approximate surface area is 41.4 Å². The van der Waals surface area contributed by atoms with Gasteiger partial charge in [-0.05, 0) is 0 Å². The van der Waals surface area contributed by atoms with Gasteiger partial charge >= 0.3 is 0 Å². The molecule has 0 saturated carbocycles. The van der Waals surface area contributed by atoms with Gasteiger partial charge in [0.25, 0.3) is 5.96 Å². The molecule has 0 rings (SSSR count). The van der Waals surface area contributed by atoms with Crippen molar-refractivity contribution >= 4 is 13.9 Å². The molecule has 0 bridgehead atoms. The van der Waals surface area contributed by atoms with Gasteiger partial charge in [0.2, 0.25) is 7.98 Å². The molecule has 7 heavy (non-hydrogen) atoms. The molecule has 0 saturated heterocycles. The smallest absolute Gasteiger partial charge is 0.270 e. The van der Waals surface area contributed by atoms with Crippen molar-refractivity contribution < 1.29 is 0 Å². The van der Waals surface area contributed by atoms with Crippen molar-refractivity contribution in [1.29, 1.82) is 5.41 Å². The second kappa shape index (κ2) is 3.29. The first-order valence-electron chi connectivity index (χ1n) is 1.66. The zero-order valence-corrected chi connectivity index (χ0v) is 3.86. The highest BCUT2D eigenvalue weighted by Gasteiger charge is 1.83. The quantitative estimate of drug-likeness (QED) is 0.121. The topological polar surface area (TPSA) is 77.3 Å². The summed E-state index contributed by atoms with van der Waals surface area (Å²) in [6.45, 7) is 0. The molecule has 6 heteroatoms. The van der Waals surface area contributed by atoms with Crippen LogP contribution in [0.5, 0.6) is 0 Å². The van der Waals surface area contributed by atoms with Crippen molar-refractivity contribution in [2.24, 2.45) is 5.18 Å². The van der Waals surface area contributed by atoms with Gasteiger partial charge in [0.05, 0.1) is 0 Å². The summed E-state index contributed by atoms with van der Waals surface area (Å²) in [5, 5.41) is 11.1.